The largest absolute Gasteiger partial charge is 0.465 e. The predicted octanol–water partition coefficient (Wildman–Crippen LogP) is 2.17. The molecule has 0 aromatic carbocycles. The topological polar surface area (TPSA) is 77.0 Å². The van der Waals surface area contributed by atoms with E-state index < -0.39 is 0 Å². The number of anilines is 1. The van der Waals surface area contributed by atoms with Crippen LogP contribution in [0.4, 0.5) is 5.82 Å². The molecule has 1 atom stereocenters. The Morgan fingerprint density at radius 2 is 2.42 bits per heavy atom. The molecule has 2 aromatic heterocycles. The van der Waals surface area contributed by atoms with Gasteiger partial charge in [0, 0.05) is 12.3 Å². The maximum Gasteiger partial charge on any atom is 0.293 e. The Labute approximate surface area is 127 Å². The molecule has 100 valence electrons. The number of ether oxygens (including phenoxy) is 1. The van der Waals surface area contributed by atoms with Crippen LogP contribution < -0.4 is 5.32 Å². The Hall–Kier alpha value is -1.29. The first kappa shape index (κ1) is 14.1. The van der Waals surface area contributed by atoms with Gasteiger partial charge >= 0.3 is 0 Å². The highest BCUT2D eigenvalue weighted by atomic mass is 127. The fourth-order valence-electron chi connectivity index (χ4n) is 1.51. The van der Waals surface area contributed by atoms with Crippen molar-refractivity contribution in [2.75, 3.05) is 11.9 Å². The van der Waals surface area contributed by atoms with Crippen LogP contribution in [0.15, 0.2) is 17.8 Å². The Morgan fingerprint density at radius 3 is 3.05 bits per heavy atom. The molecule has 0 saturated heterocycles. The summed E-state index contributed by atoms with van der Waals surface area (Å²) in [6.07, 6.45) is 1.75. The molecule has 2 aromatic rings. The molecule has 2 heterocycles. The maximum atomic E-state index is 10.4. The van der Waals surface area contributed by atoms with E-state index >= 15 is 0 Å². The van der Waals surface area contributed by atoms with E-state index in [2.05, 4.69) is 42.9 Å². The summed E-state index contributed by atoms with van der Waals surface area (Å²) < 4.78 is 5.70. The summed E-state index contributed by atoms with van der Waals surface area (Å²) in [6.45, 7) is 2.49. The molecule has 19 heavy (non-hydrogen) atoms. The van der Waals surface area contributed by atoms with Gasteiger partial charge in [-0.25, -0.2) is 9.97 Å². The van der Waals surface area contributed by atoms with E-state index in [0.29, 0.717) is 18.1 Å². The van der Waals surface area contributed by atoms with Crippen molar-refractivity contribution in [3.63, 3.8) is 0 Å². The van der Waals surface area contributed by atoms with Crippen LogP contribution in [-0.4, -0.2) is 28.0 Å². The van der Waals surface area contributed by atoms with Crippen molar-refractivity contribution in [3.8, 4) is 0 Å². The zero-order chi connectivity index (χ0) is 13.7. The predicted molar refractivity (Wildman–Crippen MR) is 80.0 cm³/mol. The third-order valence-corrected chi connectivity index (χ3v) is 3.70. The summed E-state index contributed by atoms with van der Waals surface area (Å²) in [5.41, 5.74) is 1.74. The van der Waals surface area contributed by atoms with Crippen LogP contribution in [0.25, 0.3) is 0 Å². The highest BCUT2D eigenvalue weighted by molar-refractivity contribution is 14.1. The molecule has 2 rings (SSSR count). The summed E-state index contributed by atoms with van der Waals surface area (Å²) in [5.74, 6) is 1.39. The number of hydrogen-bond donors (Lipinski definition) is 1. The Balaban J connectivity index is 2.17. The van der Waals surface area contributed by atoms with E-state index in [1.807, 2.05) is 13.0 Å². The molecule has 0 bridgehead atoms. The van der Waals surface area contributed by atoms with Gasteiger partial charge in [-0.1, -0.05) is 0 Å². The highest BCUT2D eigenvalue weighted by Crippen LogP contribution is 2.22. The molecule has 0 aliphatic rings. The summed E-state index contributed by atoms with van der Waals surface area (Å²) in [7, 11) is 0. The van der Waals surface area contributed by atoms with Crippen molar-refractivity contribution in [3.05, 3.63) is 32.2 Å². The number of halogens is 1. The summed E-state index contributed by atoms with van der Waals surface area (Å²) in [4.78, 5) is 23.9. The van der Waals surface area contributed by atoms with Crippen molar-refractivity contribution >= 4 is 46.2 Å². The zero-order valence-electron chi connectivity index (χ0n) is 10.0. The van der Waals surface area contributed by atoms with Gasteiger partial charge in [-0.3, -0.25) is 9.78 Å². The van der Waals surface area contributed by atoms with E-state index in [0.717, 1.165) is 8.58 Å². The molecule has 0 aliphatic heterocycles. The number of rotatable bonds is 6. The second-order valence-corrected chi connectivity index (χ2v) is 5.68. The van der Waals surface area contributed by atoms with E-state index in [-0.39, 0.29) is 12.6 Å². The first-order valence-electron chi connectivity index (χ1n) is 5.40. The van der Waals surface area contributed by atoms with Gasteiger partial charge in [0.25, 0.3) is 6.47 Å². The Morgan fingerprint density at radius 1 is 1.58 bits per heavy atom. The zero-order valence-corrected chi connectivity index (χ0v) is 13.0. The number of aryl methyl sites for hydroxylation is 1. The van der Waals surface area contributed by atoms with Gasteiger partial charge in [0.2, 0.25) is 0 Å². The van der Waals surface area contributed by atoms with E-state index in [4.69, 9.17) is 4.74 Å². The molecule has 1 unspecified atom stereocenters. The minimum absolute atomic E-state index is 0.164. The molecule has 8 heteroatoms. The van der Waals surface area contributed by atoms with Gasteiger partial charge in [0.1, 0.15) is 21.9 Å². The first-order chi connectivity index (χ1) is 9.19. The third kappa shape index (κ3) is 4.10. The van der Waals surface area contributed by atoms with Gasteiger partial charge < -0.3 is 10.1 Å². The van der Waals surface area contributed by atoms with Gasteiger partial charge in [0.15, 0.2) is 0 Å². The molecule has 0 saturated carbocycles. The minimum atomic E-state index is -0.164. The lowest BCUT2D eigenvalue weighted by Crippen LogP contribution is -2.17. The normalized spacial score (nSPS) is 11.9. The second kappa shape index (κ2) is 6.75. The number of nitrogens with one attached hydrogen (secondary N) is 1. The molecule has 0 radical (unpaired) electrons. The number of aromatic nitrogens is 3. The summed E-state index contributed by atoms with van der Waals surface area (Å²) >= 11 is 3.63. The fourth-order valence-corrected chi connectivity index (χ4v) is 2.81. The molecule has 0 spiro atoms. The lowest BCUT2D eigenvalue weighted by Gasteiger charge is -2.16. The number of nitrogens with zero attached hydrogens (tertiary/aromatic N) is 3. The van der Waals surface area contributed by atoms with E-state index in [1.54, 1.807) is 11.7 Å². The maximum absolute atomic E-state index is 10.4. The average molecular weight is 390 g/mol. The molecular formula is C11H11IN4O2S. The van der Waals surface area contributed by atoms with Gasteiger partial charge in [-0.05, 0) is 29.5 Å². The average Bonchev–Trinajstić information content (AvgIpc) is 2.87. The molecule has 0 aliphatic carbocycles. The van der Waals surface area contributed by atoms with Crippen molar-refractivity contribution in [1.29, 1.82) is 0 Å². The monoisotopic (exact) mass is 390 g/mol. The molecule has 0 fully saturated rings. The molecular weight excluding hydrogens is 379 g/mol. The summed E-state index contributed by atoms with van der Waals surface area (Å²) in [5, 5.41) is 3.23. The van der Waals surface area contributed by atoms with Crippen molar-refractivity contribution in [1.82, 2.24) is 15.0 Å². The quantitative estimate of drug-likeness (QED) is 0.463. The van der Waals surface area contributed by atoms with Gasteiger partial charge in [-0.2, -0.15) is 0 Å². The van der Waals surface area contributed by atoms with Crippen molar-refractivity contribution in [2.24, 2.45) is 0 Å². The first-order valence-corrected chi connectivity index (χ1v) is 7.36. The lowest BCUT2D eigenvalue weighted by molar-refractivity contribution is -0.129. The SMILES string of the molecule is Cc1nc(I)cc(NC(COC=O)c2cncs2)n1. The molecule has 6 nitrogen and oxygen atoms in total. The Kier molecular flexibility index (Phi) is 5.02. The van der Waals surface area contributed by atoms with Crippen LogP contribution in [0.3, 0.4) is 0 Å². The van der Waals surface area contributed by atoms with Crippen LogP contribution in [0.1, 0.15) is 16.7 Å². The van der Waals surface area contributed by atoms with Crippen LogP contribution in [0.2, 0.25) is 0 Å². The summed E-state index contributed by atoms with van der Waals surface area (Å²) in [6, 6.07) is 1.67. The Bertz CT molecular complexity index is 529. The van der Waals surface area contributed by atoms with Crippen molar-refractivity contribution < 1.29 is 9.53 Å². The fraction of sp³-hybridized carbons (Fsp3) is 0.273. The van der Waals surface area contributed by atoms with Crippen LogP contribution in [0, 0.1) is 10.6 Å². The van der Waals surface area contributed by atoms with E-state index in [9.17, 15) is 4.79 Å². The molecule has 0 amide bonds. The number of thiazole rings is 1. The smallest absolute Gasteiger partial charge is 0.293 e. The van der Waals surface area contributed by atoms with Crippen LogP contribution >= 0.6 is 33.9 Å². The molecule has 1 N–H and O–H groups in total. The highest BCUT2D eigenvalue weighted by Gasteiger charge is 2.15. The second-order valence-electron chi connectivity index (χ2n) is 3.65. The number of carbonyl (C=O) groups is 1. The lowest BCUT2D eigenvalue weighted by atomic mass is 10.2. The van der Waals surface area contributed by atoms with Crippen molar-refractivity contribution in [2.45, 2.75) is 13.0 Å². The van der Waals surface area contributed by atoms with Crippen LogP contribution in [-0.2, 0) is 9.53 Å². The van der Waals surface area contributed by atoms with E-state index in [1.165, 1.54) is 11.3 Å². The number of carbonyl (C=O) groups excluding carboxylic acids is 1. The van der Waals surface area contributed by atoms with Gasteiger partial charge in [-0.15, -0.1) is 11.3 Å². The third-order valence-electron chi connectivity index (χ3n) is 2.25. The van der Waals surface area contributed by atoms with Gasteiger partial charge in [0.05, 0.1) is 16.4 Å². The number of hydrogen-bond acceptors (Lipinski definition) is 7. The minimum Gasteiger partial charge on any atom is -0.465 e. The standard InChI is InChI=1S/C11H11IN4O2S/c1-7-14-10(12)2-11(15-7)16-8(4-18-6-17)9-3-13-5-19-9/h2-3,5-6,8H,4H2,1H3,(H,14,15,16). The van der Waals surface area contributed by atoms with Crippen LogP contribution in [0.5, 0.6) is 0 Å².